The molecule has 74 valence electrons. The molecule has 1 amide bonds. The van der Waals surface area contributed by atoms with Gasteiger partial charge in [-0.05, 0) is 32.1 Å². The minimum atomic E-state index is -0.148. The normalized spacial score (nSPS) is 25.1. The van der Waals surface area contributed by atoms with E-state index in [0.29, 0.717) is 18.5 Å². The van der Waals surface area contributed by atoms with Gasteiger partial charge in [-0.2, -0.15) is 0 Å². The van der Waals surface area contributed by atoms with Gasteiger partial charge in [0.05, 0.1) is 5.41 Å². The van der Waals surface area contributed by atoms with Crippen molar-refractivity contribution < 1.29 is 4.79 Å². The van der Waals surface area contributed by atoms with Crippen molar-refractivity contribution in [2.75, 3.05) is 13.6 Å². The van der Waals surface area contributed by atoms with E-state index in [-0.39, 0.29) is 5.41 Å². The average Bonchev–Trinajstić information content (AvgIpc) is 2.80. The number of hydrogen-bond donors (Lipinski definition) is 1. The third kappa shape index (κ3) is 1.35. The number of nitrogens with two attached hydrogens (primary N) is 1. The van der Waals surface area contributed by atoms with Crippen LogP contribution < -0.4 is 5.73 Å². The predicted molar refractivity (Wildman–Crippen MR) is 51.1 cm³/mol. The summed E-state index contributed by atoms with van der Waals surface area (Å²) >= 11 is 0. The number of carbonyl (C=O) groups is 1. The van der Waals surface area contributed by atoms with Gasteiger partial charge in [0.2, 0.25) is 5.91 Å². The van der Waals surface area contributed by atoms with Gasteiger partial charge in [0, 0.05) is 19.6 Å². The predicted octanol–water partition coefficient (Wildman–Crippen LogP) is 0.736. The summed E-state index contributed by atoms with van der Waals surface area (Å²) in [7, 11) is 1.93. The summed E-state index contributed by atoms with van der Waals surface area (Å²) in [5.41, 5.74) is 5.47. The first-order chi connectivity index (χ1) is 6.19. The molecule has 3 nitrogen and oxygen atoms in total. The number of rotatable bonds is 3. The summed E-state index contributed by atoms with van der Waals surface area (Å²) in [6.45, 7) is 0.531. The van der Waals surface area contributed by atoms with Crippen LogP contribution in [0.1, 0.15) is 32.1 Å². The molecule has 0 bridgehead atoms. The van der Waals surface area contributed by atoms with Crippen LogP contribution in [-0.4, -0.2) is 30.4 Å². The van der Waals surface area contributed by atoms with Crippen molar-refractivity contribution in [3.8, 4) is 0 Å². The molecule has 2 N–H and O–H groups in total. The zero-order valence-electron chi connectivity index (χ0n) is 8.25. The Morgan fingerprint density at radius 1 is 1.54 bits per heavy atom. The van der Waals surface area contributed by atoms with E-state index in [1.54, 1.807) is 0 Å². The summed E-state index contributed by atoms with van der Waals surface area (Å²) in [6.07, 6.45) is 5.64. The smallest absolute Gasteiger partial charge is 0.230 e. The lowest BCUT2D eigenvalue weighted by Gasteiger charge is -2.36. The summed E-state index contributed by atoms with van der Waals surface area (Å²) in [6, 6.07) is 0.511. The van der Waals surface area contributed by atoms with Crippen molar-refractivity contribution in [1.82, 2.24) is 4.90 Å². The zero-order valence-corrected chi connectivity index (χ0v) is 8.25. The first-order valence-corrected chi connectivity index (χ1v) is 5.17. The highest BCUT2D eigenvalue weighted by Crippen LogP contribution is 2.46. The standard InChI is InChI=1S/C10H18N2O/c1-12(8-3-2-4-8)9(13)10(7-11)5-6-10/h8H,2-7,11H2,1H3. The first kappa shape index (κ1) is 9.00. The molecule has 0 aromatic carbocycles. The maximum Gasteiger partial charge on any atom is 0.230 e. The van der Waals surface area contributed by atoms with Crippen molar-refractivity contribution in [2.45, 2.75) is 38.1 Å². The zero-order chi connectivity index (χ0) is 9.47. The maximum atomic E-state index is 11.9. The Balaban J connectivity index is 1.95. The van der Waals surface area contributed by atoms with Gasteiger partial charge in [-0.25, -0.2) is 0 Å². The van der Waals surface area contributed by atoms with E-state index >= 15 is 0 Å². The van der Waals surface area contributed by atoms with E-state index in [1.165, 1.54) is 19.3 Å². The minimum Gasteiger partial charge on any atom is -0.342 e. The molecule has 0 unspecified atom stereocenters. The molecule has 0 aliphatic heterocycles. The fraction of sp³-hybridized carbons (Fsp3) is 0.900. The quantitative estimate of drug-likeness (QED) is 0.699. The van der Waals surface area contributed by atoms with E-state index in [4.69, 9.17) is 5.73 Å². The Hall–Kier alpha value is -0.570. The molecule has 2 aliphatic rings. The van der Waals surface area contributed by atoms with Crippen molar-refractivity contribution in [3.63, 3.8) is 0 Å². The minimum absolute atomic E-state index is 0.148. The molecule has 0 radical (unpaired) electrons. The van der Waals surface area contributed by atoms with E-state index < -0.39 is 0 Å². The van der Waals surface area contributed by atoms with Gasteiger partial charge >= 0.3 is 0 Å². The van der Waals surface area contributed by atoms with E-state index in [1.807, 2.05) is 11.9 Å². The molecule has 0 aromatic heterocycles. The maximum absolute atomic E-state index is 11.9. The SMILES string of the molecule is CN(C(=O)C1(CN)CC1)C1CCC1. The van der Waals surface area contributed by atoms with Crippen LogP contribution in [0.25, 0.3) is 0 Å². The van der Waals surface area contributed by atoms with Gasteiger partial charge in [0.25, 0.3) is 0 Å². The Morgan fingerprint density at radius 3 is 2.46 bits per heavy atom. The highest BCUT2D eigenvalue weighted by Gasteiger charge is 2.51. The molecule has 0 aromatic rings. The van der Waals surface area contributed by atoms with Crippen LogP contribution in [0.5, 0.6) is 0 Å². The fourth-order valence-electron chi connectivity index (χ4n) is 1.97. The van der Waals surface area contributed by atoms with Gasteiger partial charge in [-0.15, -0.1) is 0 Å². The fourth-order valence-corrected chi connectivity index (χ4v) is 1.97. The van der Waals surface area contributed by atoms with Crippen molar-refractivity contribution in [3.05, 3.63) is 0 Å². The number of amides is 1. The van der Waals surface area contributed by atoms with Gasteiger partial charge in [-0.3, -0.25) is 4.79 Å². The third-order valence-electron chi connectivity index (χ3n) is 3.64. The molecule has 2 rings (SSSR count). The molecule has 2 fully saturated rings. The summed E-state index contributed by atoms with van der Waals surface area (Å²) in [4.78, 5) is 13.9. The second-order valence-electron chi connectivity index (χ2n) is 4.49. The van der Waals surface area contributed by atoms with Gasteiger partial charge in [0.1, 0.15) is 0 Å². The lowest BCUT2D eigenvalue weighted by atomic mass is 9.90. The topological polar surface area (TPSA) is 46.3 Å². The molecule has 0 atom stereocenters. The highest BCUT2D eigenvalue weighted by molar-refractivity contribution is 5.85. The largest absolute Gasteiger partial charge is 0.342 e. The van der Waals surface area contributed by atoms with Gasteiger partial charge in [0.15, 0.2) is 0 Å². The van der Waals surface area contributed by atoms with E-state index in [9.17, 15) is 4.79 Å². The van der Waals surface area contributed by atoms with Crippen LogP contribution in [-0.2, 0) is 4.79 Å². The number of carbonyl (C=O) groups excluding carboxylic acids is 1. The molecule has 2 saturated carbocycles. The van der Waals surface area contributed by atoms with E-state index in [2.05, 4.69) is 0 Å². The lowest BCUT2D eigenvalue weighted by Crippen LogP contribution is -2.46. The van der Waals surface area contributed by atoms with Gasteiger partial charge in [-0.1, -0.05) is 0 Å². The molecule has 0 saturated heterocycles. The lowest BCUT2D eigenvalue weighted by molar-refractivity contribution is -0.139. The Labute approximate surface area is 79.3 Å². The Bertz CT molecular complexity index is 219. The average molecular weight is 182 g/mol. The Morgan fingerprint density at radius 2 is 2.15 bits per heavy atom. The summed E-state index contributed by atoms with van der Waals surface area (Å²) in [5.74, 6) is 0.291. The van der Waals surface area contributed by atoms with Crippen LogP contribution in [0, 0.1) is 5.41 Å². The Kier molecular flexibility index (Phi) is 2.06. The van der Waals surface area contributed by atoms with Crippen molar-refractivity contribution in [1.29, 1.82) is 0 Å². The molecule has 3 heteroatoms. The number of nitrogens with zero attached hydrogens (tertiary/aromatic N) is 1. The van der Waals surface area contributed by atoms with Crippen LogP contribution >= 0.6 is 0 Å². The molecule has 0 spiro atoms. The monoisotopic (exact) mass is 182 g/mol. The van der Waals surface area contributed by atoms with Crippen LogP contribution in [0.2, 0.25) is 0 Å². The molecule has 13 heavy (non-hydrogen) atoms. The summed E-state index contributed by atoms with van der Waals surface area (Å²) < 4.78 is 0. The van der Waals surface area contributed by atoms with E-state index in [0.717, 1.165) is 12.8 Å². The number of hydrogen-bond acceptors (Lipinski definition) is 2. The van der Waals surface area contributed by atoms with Crippen molar-refractivity contribution >= 4 is 5.91 Å². The van der Waals surface area contributed by atoms with Gasteiger partial charge < -0.3 is 10.6 Å². The third-order valence-corrected chi connectivity index (χ3v) is 3.64. The second kappa shape index (κ2) is 2.98. The molecular weight excluding hydrogens is 164 g/mol. The highest BCUT2D eigenvalue weighted by atomic mass is 16.2. The molecular formula is C10H18N2O. The van der Waals surface area contributed by atoms with Crippen LogP contribution in [0.4, 0.5) is 0 Å². The first-order valence-electron chi connectivity index (χ1n) is 5.17. The van der Waals surface area contributed by atoms with Crippen molar-refractivity contribution in [2.24, 2.45) is 11.1 Å². The second-order valence-corrected chi connectivity index (χ2v) is 4.49. The van der Waals surface area contributed by atoms with Crippen LogP contribution in [0.15, 0.2) is 0 Å². The summed E-state index contributed by atoms with van der Waals surface area (Å²) in [5, 5.41) is 0. The van der Waals surface area contributed by atoms with Crippen LogP contribution in [0.3, 0.4) is 0 Å². The molecule has 0 heterocycles. The molecule has 2 aliphatic carbocycles.